The SMILES string of the molecule is COCC(=O)c1c(O)cc(OC)cc1O. The first-order valence-electron chi connectivity index (χ1n) is 4.22. The third kappa shape index (κ3) is 2.38. The first-order valence-corrected chi connectivity index (χ1v) is 4.22. The summed E-state index contributed by atoms with van der Waals surface area (Å²) < 4.78 is 9.43. The lowest BCUT2D eigenvalue weighted by molar-refractivity contribution is 0.0842. The molecule has 0 aromatic heterocycles. The molecule has 1 aromatic carbocycles. The lowest BCUT2D eigenvalue weighted by atomic mass is 10.1. The third-order valence-corrected chi connectivity index (χ3v) is 1.86. The molecule has 2 N–H and O–H groups in total. The molecule has 0 saturated carbocycles. The van der Waals surface area contributed by atoms with E-state index in [0.29, 0.717) is 0 Å². The Morgan fingerprint density at radius 2 is 1.80 bits per heavy atom. The molecule has 0 saturated heterocycles. The lowest BCUT2D eigenvalue weighted by Crippen LogP contribution is -2.07. The number of Topliss-reactive ketones (excluding diaryl/α,β-unsaturated/α-hetero) is 1. The van der Waals surface area contributed by atoms with Crippen molar-refractivity contribution in [3.05, 3.63) is 17.7 Å². The van der Waals surface area contributed by atoms with Crippen LogP contribution in [0.3, 0.4) is 0 Å². The van der Waals surface area contributed by atoms with Gasteiger partial charge in [0.25, 0.3) is 0 Å². The highest BCUT2D eigenvalue weighted by atomic mass is 16.5. The van der Waals surface area contributed by atoms with Gasteiger partial charge in [-0.15, -0.1) is 0 Å². The molecule has 0 aliphatic heterocycles. The molecule has 0 radical (unpaired) electrons. The van der Waals surface area contributed by atoms with Crippen molar-refractivity contribution in [2.24, 2.45) is 0 Å². The van der Waals surface area contributed by atoms with Gasteiger partial charge in [0.15, 0.2) is 5.78 Å². The first-order chi connectivity index (χ1) is 7.10. The largest absolute Gasteiger partial charge is 0.507 e. The zero-order valence-corrected chi connectivity index (χ0v) is 8.48. The molecule has 0 spiro atoms. The van der Waals surface area contributed by atoms with E-state index in [1.54, 1.807) is 0 Å². The monoisotopic (exact) mass is 212 g/mol. The summed E-state index contributed by atoms with van der Waals surface area (Å²) >= 11 is 0. The van der Waals surface area contributed by atoms with Crippen molar-refractivity contribution in [1.82, 2.24) is 0 Å². The van der Waals surface area contributed by atoms with Gasteiger partial charge in [0, 0.05) is 19.2 Å². The Morgan fingerprint density at radius 1 is 1.27 bits per heavy atom. The zero-order chi connectivity index (χ0) is 11.4. The van der Waals surface area contributed by atoms with Crippen LogP contribution in [0.1, 0.15) is 10.4 Å². The molecule has 0 heterocycles. The minimum absolute atomic E-state index is 0.155. The summed E-state index contributed by atoms with van der Waals surface area (Å²) in [6.45, 7) is -0.201. The van der Waals surface area contributed by atoms with Crippen molar-refractivity contribution in [3.63, 3.8) is 0 Å². The van der Waals surface area contributed by atoms with Gasteiger partial charge in [-0.25, -0.2) is 0 Å². The third-order valence-electron chi connectivity index (χ3n) is 1.86. The van der Waals surface area contributed by atoms with Gasteiger partial charge < -0.3 is 19.7 Å². The summed E-state index contributed by atoms with van der Waals surface area (Å²) in [4.78, 5) is 11.4. The fraction of sp³-hybridized carbons (Fsp3) is 0.300. The first kappa shape index (κ1) is 11.3. The summed E-state index contributed by atoms with van der Waals surface area (Å²) in [6, 6.07) is 2.51. The van der Waals surface area contributed by atoms with Crippen LogP contribution in [0.25, 0.3) is 0 Å². The van der Waals surface area contributed by atoms with E-state index in [1.165, 1.54) is 26.4 Å². The number of methoxy groups -OCH3 is 2. The summed E-state index contributed by atoms with van der Waals surface area (Å²) in [7, 11) is 2.75. The van der Waals surface area contributed by atoms with Gasteiger partial charge in [-0.05, 0) is 0 Å². The molecule has 5 heteroatoms. The lowest BCUT2D eigenvalue weighted by Gasteiger charge is -2.08. The predicted molar refractivity (Wildman–Crippen MR) is 52.5 cm³/mol. The smallest absolute Gasteiger partial charge is 0.195 e. The number of ether oxygens (including phenoxy) is 2. The molecule has 0 bridgehead atoms. The molecule has 1 aromatic rings. The van der Waals surface area contributed by atoms with Gasteiger partial charge in [0.1, 0.15) is 29.4 Å². The summed E-state index contributed by atoms with van der Waals surface area (Å²) in [5.41, 5.74) is -0.155. The van der Waals surface area contributed by atoms with Crippen LogP contribution in [-0.2, 0) is 4.74 Å². The number of ketones is 1. The molecule has 5 nitrogen and oxygen atoms in total. The maximum Gasteiger partial charge on any atom is 0.195 e. The number of aromatic hydroxyl groups is 2. The molecular weight excluding hydrogens is 200 g/mol. The van der Waals surface area contributed by atoms with Gasteiger partial charge >= 0.3 is 0 Å². The molecule has 0 aliphatic carbocycles. The highest BCUT2D eigenvalue weighted by Crippen LogP contribution is 2.32. The average Bonchev–Trinajstić information content (AvgIpc) is 2.16. The second-order valence-electron chi connectivity index (χ2n) is 2.90. The van der Waals surface area contributed by atoms with Gasteiger partial charge in [-0.3, -0.25) is 4.79 Å². The molecular formula is C10H12O5. The fourth-order valence-corrected chi connectivity index (χ4v) is 1.19. The van der Waals surface area contributed by atoms with Crippen LogP contribution in [0.15, 0.2) is 12.1 Å². The molecule has 0 aliphatic rings. The second kappa shape index (κ2) is 4.65. The maximum atomic E-state index is 11.4. The Bertz CT molecular complexity index is 349. The molecule has 0 atom stereocenters. The van der Waals surface area contributed by atoms with Crippen LogP contribution in [0.2, 0.25) is 0 Å². The predicted octanol–water partition coefficient (Wildman–Crippen LogP) is 0.935. The van der Waals surface area contributed by atoms with Gasteiger partial charge in [0.05, 0.1) is 7.11 Å². The van der Waals surface area contributed by atoms with Crippen LogP contribution in [0.5, 0.6) is 17.2 Å². The van der Waals surface area contributed by atoms with E-state index in [4.69, 9.17) is 4.74 Å². The van der Waals surface area contributed by atoms with Crippen molar-refractivity contribution < 1.29 is 24.5 Å². The fourth-order valence-electron chi connectivity index (χ4n) is 1.19. The number of benzene rings is 1. The number of carbonyl (C=O) groups is 1. The standard InChI is InChI=1S/C10H12O5/c1-14-5-9(13)10-7(11)3-6(15-2)4-8(10)12/h3-4,11-12H,5H2,1-2H3. The Balaban J connectivity index is 3.13. The van der Waals surface area contributed by atoms with Crippen molar-refractivity contribution in [1.29, 1.82) is 0 Å². The van der Waals surface area contributed by atoms with Gasteiger partial charge in [-0.2, -0.15) is 0 Å². The van der Waals surface area contributed by atoms with Crippen LogP contribution in [0.4, 0.5) is 0 Å². The summed E-state index contributed by atoms with van der Waals surface area (Å²) in [5, 5.41) is 19.0. The summed E-state index contributed by atoms with van der Waals surface area (Å²) in [5.74, 6) is -0.864. The minimum Gasteiger partial charge on any atom is -0.507 e. The van der Waals surface area contributed by atoms with E-state index < -0.39 is 5.78 Å². The van der Waals surface area contributed by atoms with E-state index in [2.05, 4.69) is 4.74 Å². The zero-order valence-electron chi connectivity index (χ0n) is 8.48. The maximum absolute atomic E-state index is 11.4. The normalized spacial score (nSPS) is 10.0. The van der Waals surface area contributed by atoms with E-state index in [-0.39, 0.29) is 29.4 Å². The molecule has 0 fully saturated rings. The number of phenols is 2. The van der Waals surface area contributed by atoms with E-state index in [9.17, 15) is 15.0 Å². The molecule has 1 rings (SSSR count). The van der Waals surface area contributed by atoms with E-state index in [1.807, 2.05) is 0 Å². The van der Waals surface area contributed by atoms with Crippen LogP contribution < -0.4 is 4.74 Å². The van der Waals surface area contributed by atoms with Crippen LogP contribution in [-0.4, -0.2) is 36.8 Å². The second-order valence-corrected chi connectivity index (χ2v) is 2.90. The quantitative estimate of drug-likeness (QED) is 0.726. The van der Waals surface area contributed by atoms with Crippen molar-refractivity contribution in [2.75, 3.05) is 20.8 Å². The minimum atomic E-state index is -0.491. The molecule has 0 unspecified atom stereocenters. The van der Waals surface area contributed by atoms with Crippen LogP contribution >= 0.6 is 0 Å². The summed E-state index contributed by atoms with van der Waals surface area (Å²) in [6.07, 6.45) is 0. The average molecular weight is 212 g/mol. The van der Waals surface area contributed by atoms with E-state index in [0.717, 1.165) is 0 Å². The molecule has 15 heavy (non-hydrogen) atoms. The number of carbonyl (C=O) groups excluding carboxylic acids is 1. The number of hydrogen-bond donors (Lipinski definition) is 2. The van der Waals surface area contributed by atoms with Crippen molar-refractivity contribution >= 4 is 5.78 Å². The Hall–Kier alpha value is -1.75. The highest BCUT2D eigenvalue weighted by molar-refractivity contribution is 6.02. The Labute approximate surface area is 86.9 Å². The number of phenolic OH excluding ortho intramolecular Hbond substituents is 2. The van der Waals surface area contributed by atoms with Crippen molar-refractivity contribution in [2.45, 2.75) is 0 Å². The topological polar surface area (TPSA) is 76.0 Å². The number of rotatable bonds is 4. The Morgan fingerprint density at radius 3 is 2.20 bits per heavy atom. The highest BCUT2D eigenvalue weighted by Gasteiger charge is 2.17. The van der Waals surface area contributed by atoms with E-state index >= 15 is 0 Å². The van der Waals surface area contributed by atoms with Gasteiger partial charge in [-0.1, -0.05) is 0 Å². The molecule has 0 amide bonds. The van der Waals surface area contributed by atoms with Crippen molar-refractivity contribution in [3.8, 4) is 17.2 Å². The number of hydrogen-bond acceptors (Lipinski definition) is 5. The Kier molecular flexibility index (Phi) is 3.51. The molecule has 82 valence electrons. The van der Waals surface area contributed by atoms with Gasteiger partial charge in [0.2, 0.25) is 0 Å². The van der Waals surface area contributed by atoms with Crippen LogP contribution in [0, 0.1) is 0 Å².